The Morgan fingerprint density at radius 2 is 1.65 bits per heavy atom. The number of nitriles is 2. The Labute approximate surface area is 158 Å². The minimum absolute atomic E-state index is 0.574. The third-order valence-electron chi connectivity index (χ3n) is 4.60. The van der Waals surface area contributed by atoms with Crippen LogP contribution in [0.1, 0.15) is 16.7 Å². The van der Waals surface area contributed by atoms with Crippen molar-refractivity contribution in [2.75, 3.05) is 38.2 Å². The van der Waals surface area contributed by atoms with Gasteiger partial charge in [-0.05, 0) is 30.3 Å². The van der Waals surface area contributed by atoms with Crippen LogP contribution in [0.4, 0.5) is 5.69 Å². The van der Waals surface area contributed by atoms with E-state index in [9.17, 15) is 0 Å². The number of piperazine rings is 1. The van der Waals surface area contributed by atoms with Crippen molar-refractivity contribution in [3.63, 3.8) is 0 Å². The van der Waals surface area contributed by atoms with Crippen LogP contribution in [0.15, 0.2) is 36.4 Å². The predicted molar refractivity (Wildman–Crippen MR) is 101 cm³/mol. The van der Waals surface area contributed by atoms with E-state index in [1.807, 2.05) is 18.2 Å². The summed E-state index contributed by atoms with van der Waals surface area (Å²) in [7, 11) is 1.63. The van der Waals surface area contributed by atoms with Gasteiger partial charge in [-0.25, -0.2) is 0 Å². The molecule has 0 aromatic heterocycles. The first-order valence-electron chi connectivity index (χ1n) is 8.38. The molecule has 1 saturated heterocycles. The summed E-state index contributed by atoms with van der Waals surface area (Å²) >= 11 is 6.33. The van der Waals surface area contributed by atoms with Crippen molar-refractivity contribution in [1.29, 1.82) is 10.5 Å². The smallest absolute Gasteiger partial charge is 0.124 e. The Morgan fingerprint density at radius 3 is 2.27 bits per heavy atom. The van der Waals surface area contributed by atoms with Gasteiger partial charge in [0, 0.05) is 38.3 Å². The highest BCUT2D eigenvalue weighted by atomic mass is 35.5. The summed E-state index contributed by atoms with van der Waals surface area (Å²) in [5, 5.41) is 18.6. The molecule has 1 aliphatic heterocycles. The molecular weight excluding hydrogens is 348 g/mol. The maximum absolute atomic E-state index is 9.01. The highest BCUT2D eigenvalue weighted by Crippen LogP contribution is 2.28. The number of anilines is 1. The molecule has 26 heavy (non-hydrogen) atoms. The average molecular weight is 367 g/mol. The van der Waals surface area contributed by atoms with Crippen molar-refractivity contribution < 1.29 is 4.74 Å². The summed E-state index contributed by atoms with van der Waals surface area (Å²) in [4.78, 5) is 4.61. The lowest BCUT2D eigenvalue weighted by Gasteiger charge is -2.36. The molecule has 0 atom stereocenters. The molecule has 132 valence electrons. The first-order valence-corrected chi connectivity index (χ1v) is 8.76. The molecule has 0 bridgehead atoms. The largest absolute Gasteiger partial charge is 0.496 e. The van der Waals surface area contributed by atoms with Gasteiger partial charge in [-0.2, -0.15) is 10.5 Å². The Morgan fingerprint density at radius 1 is 1.00 bits per heavy atom. The van der Waals surface area contributed by atoms with Crippen molar-refractivity contribution in [1.82, 2.24) is 4.90 Å². The summed E-state index contributed by atoms with van der Waals surface area (Å²) in [5.41, 5.74) is 3.23. The van der Waals surface area contributed by atoms with E-state index in [-0.39, 0.29) is 0 Å². The Balaban J connectivity index is 1.64. The molecule has 0 saturated carbocycles. The molecule has 2 aromatic carbocycles. The second kappa shape index (κ2) is 8.10. The van der Waals surface area contributed by atoms with Crippen molar-refractivity contribution in [3.05, 3.63) is 58.1 Å². The van der Waals surface area contributed by atoms with E-state index in [1.54, 1.807) is 25.3 Å². The minimum atomic E-state index is 0.574. The number of hydrogen-bond donors (Lipinski definition) is 0. The predicted octanol–water partition coefficient (Wildman–Crippen LogP) is 3.41. The summed E-state index contributed by atoms with van der Waals surface area (Å²) in [6, 6.07) is 15.2. The molecule has 2 aromatic rings. The standard InChI is InChI=1S/C20H19ClN4O/c1-26-20-11-16(13-23)2-4-17(20)14-24-6-8-25(9-7-24)19-5-3-15(12-22)10-18(19)21/h2-5,10-11H,6-9,14H2,1H3. The molecule has 1 heterocycles. The number of hydrogen-bond acceptors (Lipinski definition) is 5. The quantitative estimate of drug-likeness (QED) is 0.829. The number of benzene rings is 2. The van der Waals surface area contributed by atoms with Gasteiger partial charge >= 0.3 is 0 Å². The number of methoxy groups -OCH3 is 1. The van der Waals surface area contributed by atoms with Crippen molar-refractivity contribution in [2.24, 2.45) is 0 Å². The molecular formula is C20H19ClN4O. The highest BCUT2D eigenvalue weighted by Gasteiger charge is 2.20. The van der Waals surface area contributed by atoms with Crippen LogP contribution in [-0.4, -0.2) is 38.2 Å². The number of halogens is 1. The van der Waals surface area contributed by atoms with Crippen LogP contribution in [-0.2, 0) is 6.54 Å². The third kappa shape index (κ3) is 3.91. The molecule has 0 radical (unpaired) electrons. The average Bonchev–Trinajstić information content (AvgIpc) is 2.69. The van der Waals surface area contributed by atoms with E-state index in [4.69, 9.17) is 26.9 Å². The van der Waals surface area contributed by atoms with Crippen LogP contribution in [0.2, 0.25) is 5.02 Å². The lowest BCUT2D eigenvalue weighted by Crippen LogP contribution is -2.46. The van der Waals surface area contributed by atoms with Gasteiger partial charge in [-0.15, -0.1) is 0 Å². The molecule has 1 fully saturated rings. The van der Waals surface area contributed by atoms with E-state index >= 15 is 0 Å². The maximum Gasteiger partial charge on any atom is 0.124 e. The van der Waals surface area contributed by atoms with E-state index in [0.29, 0.717) is 16.1 Å². The lowest BCUT2D eigenvalue weighted by atomic mass is 10.1. The first kappa shape index (κ1) is 18.1. The third-order valence-corrected chi connectivity index (χ3v) is 4.90. The van der Waals surface area contributed by atoms with Crippen molar-refractivity contribution >= 4 is 17.3 Å². The zero-order valence-electron chi connectivity index (χ0n) is 14.6. The zero-order chi connectivity index (χ0) is 18.5. The van der Waals surface area contributed by atoms with Crippen molar-refractivity contribution in [2.45, 2.75) is 6.54 Å². The molecule has 0 unspecified atom stereocenters. The van der Waals surface area contributed by atoms with E-state index in [1.165, 1.54) is 0 Å². The van der Waals surface area contributed by atoms with Gasteiger partial charge in [0.15, 0.2) is 0 Å². The fraction of sp³-hybridized carbons (Fsp3) is 0.300. The van der Waals surface area contributed by atoms with Gasteiger partial charge in [0.1, 0.15) is 5.75 Å². The molecule has 0 N–H and O–H groups in total. The molecule has 0 aliphatic carbocycles. The SMILES string of the molecule is COc1cc(C#N)ccc1CN1CCN(c2ccc(C#N)cc2Cl)CC1. The lowest BCUT2D eigenvalue weighted by molar-refractivity contribution is 0.246. The second-order valence-corrected chi connectivity index (χ2v) is 6.59. The van der Waals surface area contributed by atoms with E-state index in [0.717, 1.165) is 49.7 Å². The van der Waals surface area contributed by atoms with E-state index < -0.39 is 0 Å². The van der Waals surface area contributed by atoms with Crippen LogP contribution in [0.5, 0.6) is 5.75 Å². The summed E-state index contributed by atoms with van der Waals surface area (Å²) in [6.07, 6.45) is 0. The summed E-state index contributed by atoms with van der Waals surface area (Å²) < 4.78 is 5.43. The summed E-state index contributed by atoms with van der Waals surface area (Å²) in [5.74, 6) is 0.751. The van der Waals surface area contributed by atoms with Crippen LogP contribution in [0, 0.1) is 22.7 Å². The number of rotatable bonds is 4. The van der Waals surface area contributed by atoms with Crippen LogP contribution < -0.4 is 9.64 Å². The highest BCUT2D eigenvalue weighted by molar-refractivity contribution is 6.33. The van der Waals surface area contributed by atoms with Gasteiger partial charge in [0.2, 0.25) is 0 Å². The van der Waals surface area contributed by atoms with Crippen LogP contribution in [0.25, 0.3) is 0 Å². The molecule has 1 aliphatic rings. The second-order valence-electron chi connectivity index (χ2n) is 6.18. The number of nitrogens with zero attached hydrogens (tertiary/aromatic N) is 4. The zero-order valence-corrected chi connectivity index (χ0v) is 15.3. The van der Waals surface area contributed by atoms with Crippen LogP contribution in [0.3, 0.4) is 0 Å². The summed E-state index contributed by atoms with van der Waals surface area (Å²) in [6.45, 7) is 4.32. The Bertz CT molecular complexity index is 876. The maximum atomic E-state index is 9.01. The monoisotopic (exact) mass is 366 g/mol. The van der Waals surface area contributed by atoms with Gasteiger partial charge in [0.05, 0.1) is 41.1 Å². The number of ether oxygens (including phenoxy) is 1. The molecule has 6 heteroatoms. The fourth-order valence-electron chi connectivity index (χ4n) is 3.17. The minimum Gasteiger partial charge on any atom is -0.496 e. The molecule has 0 amide bonds. The molecule has 0 spiro atoms. The van der Waals surface area contributed by atoms with Gasteiger partial charge < -0.3 is 9.64 Å². The van der Waals surface area contributed by atoms with Gasteiger partial charge in [-0.1, -0.05) is 17.7 Å². The van der Waals surface area contributed by atoms with Crippen LogP contribution >= 0.6 is 11.6 Å². The van der Waals surface area contributed by atoms with Gasteiger partial charge in [-0.3, -0.25) is 4.90 Å². The van der Waals surface area contributed by atoms with Gasteiger partial charge in [0.25, 0.3) is 0 Å². The van der Waals surface area contributed by atoms with Crippen molar-refractivity contribution in [3.8, 4) is 17.9 Å². The molecule has 5 nitrogen and oxygen atoms in total. The Hall–Kier alpha value is -2.73. The van der Waals surface area contributed by atoms with E-state index in [2.05, 4.69) is 21.9 Å². The Kier molecular flexibility index (Phi) is 5.63. The normalized spacial score (nSPS) is 14.5. The fourth-order valence-corrected chi connectivity index (χ4v) is 3.47. The first-order chi connectivity index (χ1) is 12.6. The topological polar surface area (TPSA) is 63.3 Å². The molecule has 3 rings (SSSR count).